The molecule has 1 atom stereocenters. The maximum Gasteiger partial charge on any atom is 0.233 e. The second-order valence-electron chi connectivity index (χ2n) is 7.92. The summed E-state index contributed by atoms with van der Waals surface area (Å²) >= 11 is 0. The van der Waals surface area contributed by atoms with Gasteiger partial charge in [-0.1, -0.05) is 30.3 Å². The summed E-state index contributed by atoms with van der Waals surface area (Å²) in [5.74, 6) is 0.317. The van der Waals surface area contributed by atoms with Crippen molar-refractivity contribution in [3.63, 3.8) is 0 Å². The lowest BCUT2D eigenvalue weighted by Crippen LogP contribution is -2.39. The molecule has 0 unspecified atom stereocenters. The van der Waals surface area contributed by atoms with Gasteiger partial charge in [0.05, 0.1) is 17.2 Å². The van der Waals surface area contributed by atoms with E-state index in [1.54, 1.807) is 0 Å². The van der Waals surface area contributed by atoms with E-state index in [-0.39, 0.29) is 11.5 Å². The molecule has 2 fully saturated rings. The van der Waals surface area contributed by atoms with Crippen LogP contribution in [0.4, 0.5) is 0 Å². The number of carbonyl (C=O) groups excluding carboxylic acids is 1. The second kappa shape index (κ2) is 6.84. The molecular weight excluding hydrogens is 322 g/mol. The molecule has 2 aromatic rings. The van der Waals surface area contributed by atoms with Crippen molar-refractivity contribution in [1.29, 1.82) is 0 Å². The van der Waals surface area contributed by atoms with Gasteiger partial charge < -0.3 is 9.80 Å². The van der Waals surface area contributed by atoms with Crippen LogP contribution in [0.3, 0.4) is 0 Å². The minimum Gasteiger partial charge on any atom is -0.335 e. The molecule has 0 bridgehead atoms. The zero-order chi connectivity index (χ0) is 18.1. The first-order valence-corrected chi connectivity index (χ1v) is 9.56. The van der Waals surface area contributed by atoms with Gasteiger partial charge in [0.25, 0.3) is 0 Å². The minimum atomic E-state index is -0.274. The van der Waals surface area contributed by atoms with E-state index < -0.39 is 0 Å². The Kier molecular flexibility index (Phi) is 4.53. The van der Waals surface area contributed by atoms with Gasteiger partial charge in [0.15, 0.2) is 0 Å². The number of pyridine rings is 1. The average Bonchev–Trinajstić information content (AvgIpc) is 3.31. The Bertz CT molecular complexity index is 783. The Morgan fingerprint density at radius 3 is 2.69 bits per heavy atom. The Morgan fingerprint density at radius 1 is 1.23 bits per heavy atom. The van der Waals surface area contributed by atoms with Gasteiger partial charge in [-0.15, -0.1) is 0 Å². The quantitative estimate of drug-likeness (QED) is 0.828. The van der Waals surface area contributed by atoms with Gasteiger partial charge in [0, 0.05) is 19.3 Å². The van der Waals surface area contributed by atoms with E-state index in [0.717, 1.165) is 44.5 Å². The number of rotatable bonds is 5. The van der Waals surface area contributed by atoms with Gasteiger partial charge in [-0.2, -0.15) is 0 Å². The molecule has 1 aromatic carbocycles. The van der Waals surface area contributed by atoms with Crippen LogP contribution < -0.4 is 0 Å². The molecule has 2 aliphatic rings. The molecule has 1 amide bonds. The van der Waals surface area contributed by atoms with E-state index in [9.17, 15) is 4.79 Å². The van der Waals surface area contributed by atoms with E-state index in [0.29, 0.717) is 5.91 Å². The molecule has 1 saturated heterocycles. The Labute approximate surface area is 155 Å². The SMILES string of the molecule is CN(C)Cc1cc([C@H]2CCCN2C(=O)C2(c3ccccc3)CC2)ccn1. The van der Waals surface area contributed by atoms with E-state index in [2.05, 4.69) is 53.1 Å². The van der Waals surface area contributed by atoms with Crippen molar-refractivity contribution in [3.8, 4) is 0 Å². The molecule has 1 aliphatic carbocycles. The summed E-state index contributed by atoms with van der Waals surface area (Å²) in [6, 6.07) is 14.8. The summed E-state index contributed by atoms with van der Waals surface area (Å²) in [6.45, 7) is 1.69. The topological polar surface area (TPSA) is 36.4 Å². The van der Waals surface area contributed by atoms with Gasteiger partial charge in [-0.05, 0) is 63.0 Å². The largest absolute Gasteiger partial charge is 0.335 e. The molecule has 2 heterocycles. The second-order valence-corrected chi connectivity index (χ2v) is 7.92. The van der Waals surface area contributed by atoms with Crippen LogP contribution in [-0.2, 0) is 16.8 Å². The number of hydrogen-bond donors (Lipinski definition) is 0. The van der Waals surface area contributed by atoms with Gasteiger partial charge in [-0.3, -0.25) is 9.78 Å². The number of hydrogen-bond acceptors (Lipinski definition) is 3. The molecule has 4 rings (SSSR count). The van der Waals surface area contributed by atoms with Crippen LogP contribution in [0.15, 0.2) is 48.7 Å². The van der Waals surface area contributed by atoms with Gasteiger partial charge in [-0.25, -0.2) is 0 Å². The zero-order valence-electron chi connectivity index (χ0n) is 15.7. The Balaban J connectivity index is 1.58. The molecule has 136 valence electrons. The average molecular weight is 349 g/mol. The van der Waals surface area contributed by atoms with Crippen LogP contribution >= 0.6 is 0 Å². The third kappa shape index (κ3) is 3.14. The molecule has 1 aromatic heterocycles. The maximum atomic E-state index is 13.5. The molecule has 4 heteroatoms. The smallest absolute Gasteiger partial charge is 0.233 e. The van der Waals surface area contributed by atoms with Crippen molar-refractivity contribution < 1.29 is 4.79 Å². The first kappa shape index (κ1) is 17.2. The fraction of sp³-hybridized carbons (Fsp3) is 0.455. The molecule has 0 spiro atoms. The molecule has 0 radical (unpaired) electrons. The molecule has 1 aliphatic heterocycles. The van der Waals surface area contributed by atoms with E-state index in [4.69, 9.17) is 0 Å². The van der Waals surface area contributed by atoms with Crippen LogP contribution in [-0.4, -0.2) is 41.3 Å². The fourth-order valence-electron chi connectivity index (χ4n) is 4.25. The van der Waals surface area contributed by atoms with Gasteiger partial charge >= 0.3 is 0 Å². The summed E-state index contributed by atoms with van der Waals surface area (Å²) in [7, 11) is 4.10. The maximum absolute atomic E-state index is 13.5. The number of likely N-dealkylation sites (tertiary alicyclic amines) is 1. The van der Waals surface area contributed by atoms with Crippen LogP contribution in [0.25, 0.3) is 0 Å². The van der Waals surface area contributed by atoms with Crippen molar-refractivity contribution in [3.05, 3.63) is 65.5 Å². The lowest BCUT2D eigenvalue weighted by Gasteiger charge is -2.30. The number of carbonyl (C=O) groups is 1. The Hall–Kier alpha value is -2.20. The van der Waals surface area contributed by atoms with Gasteiger partial charge in [0.1, 0.15) is 0 Å². The number of aromatic nitrogens is 1. The van der Waals surface area contributed by atoms with Crippen molar-refractivity contribution in [1.82, 2.24) is 14.8 Å². The highest BCUT2D eigenvalue weighted by molar-refractivity contribution is 5.91. The summed E-state index contributed by atoms with van der Waals surface area (Å²) in [5, 5.41) is 0. The molecule has 4 nitrogen and oxygen atoms in total. The van der Waals surface area contributed by atoms with E-state index in [1.807, 2.05) is 24.4 Å². The Morgan fingerprint density at radius 2 is 2.00 bits per heavy atom. The first-order valence-electron chi connectivity index (χ1n) is 9.56. The van der Waals surface area contributed by atoms with Crippen molar-refractivity contribution >= 4 is 5.91 Å². The third-order valence-corrected chi connectivity index (χ3v) is 5.70. The van der Waals surface area contributed by atoms with Crippen LogP contribution in [0, 0.1) is 0 Å². The normalized spacial score (nSPS) is 21.2. The van der Waals surface area contributed by atoms with Crippen molar-refractivity contribution in [2.75, 3.05) is 20.6 Å². The molecule has 0 N–H and O–H groups in total. The summed E-state index contributed by atoms with van der Waals surface area (Å²) in [5.41, 5.74) is 3.20. The standard InChI is InChI=1S/C22H27N3O/c1-24(2)16-19-15-17(10-13-23-19)20-9-6-14-25(20)21(26)22(11-12-22)18-7-4-3-5-8-18/h3-5,7-8,10,13,15,20H,6,9,11-12,14,16H2,1-2H3/t20-/m1/s1. The predicted molar refractivity (Wildman–Crippen MR) is 103 cm³/mol. The van der Waals surface area contributed by atoms with E-state index >= 15 is 0 Å². The monoisotopic (exact) mass is 349 g/mol. The lowest BCUT2D eigenvalue weighted by molar-refractivity contribution is -0.135. The first-order chi connectivity index (χ1) is 12.6. The third-order valence-electron chi connectivity index (χ3n) is 5.70. The number of amides is 1. The van der Waals surface area contributed by atoms with Crippen LogP contribution in [0.2, 0.25) is 0 Å². The van der Waals surface area contributed by atoms with Gasteiger partial charge in [0.2, 0.25) is 5.91 Å². The number of nitrogens with zero attached hydrogens (tertiary/aromatic N) is 3. The number of benzene rings is 1. The summed E-state index contributed by atoms with van der Waals surface area (Å²) in [6.07, 6.45) is 5.95. The van der Waals surface area contributed by atoms with E-state index in [1.165, 1.54) is 11.1 Å². The van der Waals surface area contributed by atoms with Crippen molar-refractivity contribution in [2.24, 2.45) is 0 Å². The highest BCUT2D eigenvalue weighted by Crippen LogP contribution is 2.51. The molecule has 26 heavy (non-hydrogen) atoms. The predicted octanol–water partition coefficient (Wildman–Crippen LogP) is 3.54. The summed E-state index contributed by atoms with van der Waals surface area (Å²) < 4.78 is 0. The fourth-order valence-corrected chi connectivity index (χ4v) is 4.25. The highest BCUT2D eigenvalue weighted by atomic mass is 16.2. The molecular formula is C22H27N3O. The minimum absolute atomic E-state index is 0.188. The lowest BCUT2D eigenvalue weighted by atomic mass is 9.93. The van der Waals surface area contributed by atoms with Crippen LogP contribution in [0.1, 0.15) is 48.5 Å². The summed E-state index contributed by atoms with van der Waals surface area (Å²) in [4.78, 5) is 22.2. The zero-order valence-corrected chi connectivity index (χ0v) is 15.7. The van der Waals surface area contributed by atoms with Crippen molar-refractivity contribution in [2.45, 2.75) is 43.7 Å². The van der Waals surface area contributed by atoms with Crippen LogP contribution in [0.5, 0.6) is 0 Å². The highest BCUT2D eigenvalue weighted by Gasteiger charge is 2.54. The molecule has 1 saturated carbocycles.